The molecule has 0 bridgehead atoms. The molecule has 2 aliphatic heterocycles. The normalized spacial score (nSPS) is 19.3. The van der Waals surface area contributed by atoms with Crippen molar-refractivity contribution in [2.75, 3.05) is 24.5 Å². The highest BCUT2D eigenvalue weighted by molar-refractivity contribution is 6.05. The number of aryl methyl sites for hydroxylation is 1. The van der Waals surface area contributed by atoms with Gasteiger partial charge in [-0.2, -0.15) is 0 Å². The standard InChI is InChI=1S/C27H39N3O5/c1-7-8-9-10-14-29-22-16-21(19(4)15-23(22)35-27(5,6)25(29)32)24(31)30(18(2)3)20-12-11-13-28(17-20)26(33)34/h7,15-16,18,20H,1,8-14,17H2,2-6H3,(H,33,34)/t20-/m1/s1. The van der Waals surface area contributed by atoms with Crippen molar-refractivity contribution in [2.24, 2.45) is 0 Å². The van der Waals surface area contributed by atoms with Gasteiger partial charge in [-0.05, 0) is 84.4 Å². The van der Waals surface area contributed by atoms with Gasteiger partial charge in [-0.3, -0.25) is 9.59 Å². The first-order valence-corrected chi connectivity index (χ1v) is 12.5. The van der Waals surface area contributed by atoms with E-state index in [2.05, 4.69) is 6.58 Å². The minimum absolute atomic E-state index is 0.108. The van der Waals surface area contributed by atoms with Crippen LogP contribution in [0.25, 0.3) is 0 Å². The fourth-order valence-electron chi connectivity index (χ4n) is 5.04. The monoisotopic (exact) mass is 485 g/mol. The number of carbonyl (C=O) groups excluding carboxylic acids is 2. The van der Waals surface area contributed by atoms with Gasteiger partial charge in [-0.1, -0.05) is 6.08 Å². The predicted molar refractivity (Wildman–Crippen MR) is 136 cm³/mol. The van der Waals surface area contributed by atoms with E-state index in [-0.39, 0.29) is 23.9 Å². The molecular formula is C27H39N3O5. The third-order valence-electron chi connectivity index (χ3n) is 6.84. The zero-order valence-electron chi connectivity index (χ0n) is 21.7. The summed E-state index contributed by atoms with van der Waals surface area (Å²) in [5.41, 5.74) is 0.899. The lowest BCUT2D eigenvalue weighted by molar-refractivity contribution is -0.132. The number of allylic oxidation sites excluding steroid dienone is 1. The van der Waals surface area contributed by atoms with Crippen molar-refractivity contribution < 1.29 is 24.2 Å². The summed E-state index contributed by atoms with van der Waals surface area (Å²) in [5, 5.41) is 9.48. The van der Waals surface area contributed by atoms with Gasteiger partial charge in [0.2, 0.25) is 0 Å². The van der Waals surface area contributed by atoms with E-state index in [1.165, 1.54) is 4.90 Å². The van der Waals surface area contributed by atoms with E-state index in [4.69, 9.17) is 4.74 Å². The number of carboxylic acid groups (broad SMARTS) is 1. The third-order valence-corrected chi connectivity index (χ3v) is 6.84. The topological polar surface area (TPSA) is 90.4 Å². The van der Waals surface area contributed by atoms with Crippen LogP contribution in [-0.4, -0.2) is 70.1 Å². The van der Waals surface area contributed by atoms with Crippen molar-refractivity contribution in [3.8, 4) is 5.75 Å². The fraction of sp³-hybridized carbons (Fsp3) is 0.593. The van der Waals surface area contributed by atoms with Gasteiger partial charge in [-0.25, -0.2) is 4.79 Å². The van der Waals surface area contributed by atoms with Crippen molar-refractivity contribution in [1.29, 1.82) is 0 Å². The SMILES string of the molecule is C=CCCCCN1C(=O)C(C)(C)Oc2cc(C)c(C(=O)N(C(C)C)[C@@H]3CCCN(C(=O)O)C3)cc21. The summed E-state index contributed by atoms with van der Waals surface area (Å²) in [7, 11) is 0. The summed E-state index contributed by atoms with van der Waals surface area (Å²) in [6, 6.07) is 3.31. The van der Waals surface area contributed by atoms with E-state index in [0.717, 1.165) is 31.2 Å². The second-order valence-electron chi connectivity index (χ2n) is 10.3. The van der Waals surface area contributed by atoms with Crippen molar-refractivity contribution in [1.82, 2.24) is 9.80 Å². The molecule has 1 saturated heterocycles. The molecule has 8 heteroatoms. The number of piperidine rings is 1. The van der Waals surface area contributed by atoms with Crippen LogP contribution in [0.3, 0.4) is 0 Å². The molecule has 1 fully saturated rings. The van der Waals surface area contributed by atoms with Crippen LogP contribution in [0.1, 0.15) is 75.7 Å². The number of fused-ring (bicyclic) bond motifs is 1. The number of rotatable bonds is 8. The van der Waals surface area contributed by atoms with Crippen LogP contribution >= 0.6 is 0 Å². The second kappa shape index (κ2) is 10.7. The molecule has 2 aliphatic rings. The Morgan fingerprint density at radius 1 is 1.31 bits per heavy atom. The van der Waals surface area contributed by atoms with E-state index in [0.29, 0.717) is 43.1 Å². The second-order valence-corrected chi connectivity index (χ2v) is 10.3. The minimum atomic E-state index is -0.990. The average molecular weight is 486 g/mol. The van der Waals surface area contributed by atoms with Gasteiger partial charge in [0.05, 0.1) is 11.7 Å². The van der Waals surface area contributed by atoms with Gasteiger partial charge in [-0.15, -0.1) is 6.58 Å². The quantitative estimate of drug-likeness (QED) is 0.420. The smallest absolute Gasteiger partial charge is 0.407 e. The molecule has 0 aliphatic carbocycles. The van der Waals surface area contributed by atoms with Crippen LogP contribution in [0, 0.1) is 6.92 Å². The molecule has 1 N–H and O–H groups in total. The summed E-state index contributed by atoms with van der Waals surface area (Å²) in [6.07, 6.45) is 5.00. The van der Waals surface area contributed by atoms with E-state index in [1.807, 2.05) is 32.9 Å². The van der Waals surface area contributed by atoms with E-state index < -0.39 is 11.7 Å². The molecule has 2 heterocycles. The van der Waals surface area contributed by atoms with Crippen LogP contribution in [0.15, 0.2) is 24.8 Å². The molecule has 1 aromatic carbocycles. The zero-order chi connectivity index (χ0) is 25.9. The first kappa shape index (κ1) is 26.6. The third kappa shape index (κ3) is 5.63. The highest BCUT2D eigenvalue weighted by atomic mass is 16.5. The molecule has 8 nitrogen and oxygen atoms in total. The first-order chi connectivity index (χ1) is 16.5. The van der Waals surface area contributed by atoms with E-state index in [9.17, 15) is 19.5 Å². The van der Waals surface area contributed by atoms with Crippen molar-refractivity contribution in [3.05, 3.63) is 35.9 Å². The van der Waals surface area contributed by atoms with Crippen LogP contribution in [0.2, 0.25) is 0 Å². The maximum atomic E-state index is 13.9. The maximum absolute atomic E-state index is 13.9. The molecule has 35 heavy (non-hydrogen) atoms. The molecule has 192 valence electrons. The molecule has 0 aromatic heterocycles. The molecule has 1 aromatic rings. The highest BCUT2D eigenvalue weighted by Gasteiger charge is 2.42. The average Bonchev–Trinajstić information content (AvgIpc) is 2.78. The summed E-state index contributed by atoms with van der Waals surface area (Å²) >= 11 is 0. The molecule has 1 atom stereocenters. The minimum Gasteiger partial charge on any atom is -0.476 e. The number of anilines is 1. The van der Waals surface area contributed by atoms with Crippen molar-refractivity contribution in [2.45, 2.75) is 84.4 Å². The Labute approximate surface area is 208 Å². The summed E-state index contributed by atoms with van der Waals surface area (Å²) in [6.45, 7) is 14.4. The van der Waals surface area contributed by atoms with Crippen LogP contribution in [0.5, 0.6) is 5.75 Å². The first-order valence-electron chi connectivity index (χ1n) is 12.5. The van der Waals surface area contributed by atoms with Crippen molar-refractivity contribution in [3.63, 3.8) is 0 Å². The highest BCUT2D eigenvalue weighted by Crippen LogP contribution is 2.40. The Balaban J connectivity index is 1.96. The van der Waals surface area contributed by atoms with Crippen LogP contribution in [-0.2, 0) is 4.79 Å². The van der Waals surface area contributed by atoms with E-state index >= 15 is 0 Å². The van der Waals surface area contributed by atoms with Gasteiger partial charge in [0, 0.05) is 31.2 Å². The lowest BCUT2D eigenvalue weighted by Gasteiger charge is -2.41. The number of carbonyl (C=O) groups is 3. The van der Waals surface area contributed by atoms with Gasteiger partial charge in [0.15, 0.2) is 5.60 Å². The molecule has 3 amide bonds. The number of likely N-dealkylation sites (tertiary alicyclic amines) is 1. The Bertz CT molecular complexity index is 987. The molecular weight excluding hydrogens is 446 g/mol. The Hall–Kier alpha value is -3.03. The number of unbranched alkanes of at least 4 members (excludes halogenated alkanes) is 2. The lowest BCUT2D eigenvalue weighted by Crippen LogP contribution is -2.54. The predicted octanol–water partition coefficient (Wildman–Crippen LogP) is 4.85. The number of hydrogen-bond donors (Lipinski definition) is 1. The number of hydrogen-bond acceptors (Lipinski definition) is 4. The largest absolute Gasteiger partial charge is 0.476 e. The molecule has 0 unspecified atom stereocenters. The molecule has 0 spiro atoms. The summed E-state index contributed by atoms with van der Waals surface area (Å²) in [5.74, 6) is 0.315. The van der Waals surface area contributed by atoms with Gasteiger partial charge >= 0.3 is 6.09 Å². The summed E-state index contributed by atoms with van der Waals surface area (Å²) < 4.78 is 6.07. The van der Waals surface area contributed by atoms with Gasteiger partial charge < -0.3 is 24.5 Å². The number of amides is 3. The van der Waals surface area contributed by atoms with Crippen LogP contribution in [0.4, 0.5) is 10.5 Å². The lowest BCUT2D eigenvalue weighted by atomic mass is 9.97. The van der Waals surface area contributed by atoms with Crippen molar-refractivity contribution >= 4 is 23.6 Å². The Morgan fingerprint density at radius 3 is 2.66 bits per heavy atom. The number of nitrogens with zero attached hydrogens (tertiary/aromatic N) is 3. The Morgan fingerprint density at radius 2 is 2.03 bits per heavy atom. The number of ether oxygens (including phenoxy) is 1. The van der Waals surface area contributed by atoms with Crippen LogP contribution < -0.4 is 9.64 Å². The molecule has 3 rings (SSSR count). The summed E-state index contributed by atoms with van der Waals surface area (Å²) in [4.78, 5) is 43.6. The Kier molecular flexibility index (Phi) is 8.13. The fourth-order valence-corrected chi connectivity index (χ4v) is 5.04. The van der Waals surface area contributed by atoms with Gasteiger partial charge in [0.1, 0.15) is 5.75 Å². The maximum Gasteiger partial charge on any atom is 0.407 e. The molecule has 0 radical (unpaired) electrons. The molecule has 0 saturated carbocycles. The van der Waals surface area contributed by atoms with Gasteiger partial charge in [0.25, 0.3) is 11.8 Å². The zero-order valence-corrected chi connectivity index (χ0v) is 21.7. The number of benzene rings is 1. The van der Waals surface area contributed by atoms with E-state index in [1.54, 1.807) is 29.7 Å².